The Morgan fingerprint density at radius 3 is 2.46 bits per heavy atom. The van der Waals surface area contributed by atoms with Crippen LogP contribution in [0.5, 0.6) is 0 Å². The van der Waals surface area contributed by atoms with Crippen molar-refractivity contribution in [1.29, 1.82) is 0 Å². The van der Waals surface area contributed by atoms with Gasteiger partial charge in [0.05, 0.1) is 0 Å². The van der Waals surface area contributed by atoms with Crippen molar-refractivity contribution < 1.29 is 9.90 Å². The molecule has 0 aliphatic carbocycles. The Morgan fingerprint density at radius 1 is 1.46 bits per heavy atom. The normalized spacial score (nSPS) is 12.2. The van der Waals surface area contributed by atoms with E-state index in [-0.39, 0.29) is 5.91 Å². The van der Waals surface area contributed by atoms with E-state index in [0.29, 0.717) is 10.6 Å². The highest BCUT2D eigenvalue weighted by molar-refractivity contribution is 6.30. The quantitative estimate of drug-likeness (QED) is 0.708. The number of carbonyl (C=O) groups is 1. The minimum atomic E-state index is -0.844. The molecular formula is C9H10ClNO2. The third kappa shape index (κ3) is 3.05. The Bertz CT molecular complexity index is 295. The molecular weight excluding hydrogens is 190 g/mol. The molecule has 1 aromatic rings. The Kier molecular flexibility index (Phi) is 3.28. The van der Waals surface area contributed by atoms with E-state index >= 15 is 0 Å². The highest BCUT2D eigenvalue weighted by Gasteiger charge is 2.06. The van der Waals surface area contributed by atoms with Gasteiger partial charge in [0.2, 0.25) is 0 Å². The molecule has 0 aromatic heterocycles. The summed E-state index contributed by atoms with van der Waals surface area (Å²) in [5.41, 5.74) is 0.477. The van der Waals surface area contributed by atoms with Crippen molar-refractivity contribution in [2.24, 2.45) is 0 Å². The van der Waals surface area contributed by atoms with Crippen molar-refractivity contribution in [3.63, 3.8) is 0 Å². The third-order valence-electron chi connectivity index (χ3n) is 1.45. The van der Waals surface area contributed by atoms with Crippen LogP contribution in [0.1, 0.15) is 17.3 Å². The maximum atomic E-state index is 11.3. The average molecular weight is 200 g/mol. The van der Waals surface area contributed by atoms with E-state index in [0.717, 1.165) is 0 Å². The Hall–Kier alpha value is -1.06. The fraction of sp³-hybridized carbons (Fsp3) is 0.222. The highest BCUT2D eigenvalue weighted by atomic mass is 35.5. The summed E-state index contributed by atoms with van der Waals surface area (Å²) in [6.07, 6.45) is -0.844. The summed E-state index contributed by atoms with van der Waals surface area (Å²) < 4.78 is 0. The molecule has 4 heteroatoms. The van der Waals surface area contributed by atoms with Crippen molar-refractivity contribution in [3.8, 4) is 0 Å². The van der Waals surface area contributed by atoms with Gasteiger partial charge in [-0.05, 0) is 31.2 Å². The van der Waals surface area contributed by atoms with E-state index in [2.05, 4.69) is 5.32 Å². The summed E-state index contributed by atoms with van der Waals surface area (Å²) >= 11 is 5.64. The Morgan fingerprint density at radius 2 is 2.00 bits per heavy atom. The zero-order valence-electron chi connectivity index (χ0n) is 7.12. The lowest BCUT2D eigenvalue weighted by Crippen LogP contribution is -2.31. The zero-order chi connectivity index (χ0) is 9.84. The zero-order valence-corrected chi connectivity index (χ0v) is 7.88. The summed E-state index contributed by atoms with van der Waals surface area (Å²) in [6, 6.07) is 6.44. The number of aliphatic hydroxyl groups excluding tert-OH is 1. The standard InChI is InChI=1S/C9H10ClNO2/c1-6(12)11-9(13)7-2-4-8(10)5-3-7/h2-6,12H,1H3,(H,11,13). The smallest absolute Gasteiger partial charge is 0.253 e. The number of benzene rings is 1. The topological polar surface area (TPSA) is 49.3 Å². The first-order valence-electron chi connectivity index (χ1n) is 3.84. The lowest BCUT2D eigenvalue weighted by Gasteiger charge is -2.06. The summed E-state index contributed by atoms with van der Waals surface area (Å²) in [5, 5.41) is 11.8. The molecule has 0 spiro atoms. The number of carbonyl (C=O) groups excluding carboxylic acids is 1. The van der Waals surface area contributed by atoms with Crippen LogP contribution in [0.25, 0.3) is 0 Å². The van der Waals surface area contributed by atoms with Gasteiger partial charge in [-0.25, -0.2) is 0 Å². The van der Waals surface area contributed by atoms with Crippen LogP contribution < -0.4 is 5.32 Å². The molecule has 0 aliphatic heterocycles. The van der Waals surface area contributed by atoms with E-state index in [4.69, 9.17) is 16.7 Å². The summed E-state index contributed by atoms with van der Waals surface area (Å²) in [7, 11) is 0. The molecule has 0 bridgehead atoms. The molecule has 0 aliphatic rings. The van der Waals surface area contributed by atoms with Gasteiger partial charge < -0.3 is 10.4 Å². The third-order valence-corrected chi connectivity index (χ3v) is 1.70. The van der Waals surface area contributed by atoms with Crippen LogP contribution in [0.15, 0.2) is 24.3 Å². The van der Waals surface area contributed by atoms with E-state index < -0.39 is 6.23 Å². The molecule has 0 saturated heterocycles. The van der Waals surface area contributed by atoms with Crippen LogP contribution in [-0.2, 0) is 0 Å². The molecule has 0 saturated carbocycles. The van der Waals surface area contributed by atoms with Crippen molar-refractivity contribution in [2.45, 2.75) is 13.2 Å². The number of aliphatic hydroxyl groups is 1. The van der Waals surface area contributed by atoms with Gasteiger partial charge in [-0.15, -0.1) is 0 Å². The summed E-state index contributed by atoms with van der Waals surface area (Å²) in [4.78, 5) is 11.3. The van der Waals surface area contributed by atoms with Gasteiger partial charge in [-0.2, -0.15) is 0 Å². The van der Waals surface area contributed by atoms with Gasteiger partial charge in [0, 0.05) is 10.6 Å². The molecule has 1 aromatic carbocycles. The SMILES string of the molecule is CC(O)NC(=O)c1ccc(Cl)cc1. The molecule has 1 atom stereocenters. The largest absolute Gasteiger partial charge is 0.374 e. The van der Waals surface area contributed by atoms with Crippen LogP contribution in [0, 0.1) is 0 Å². The van der Waals surface area contributed by atoms with Crippen molar-refractivity contribution in [2.75, 3.05) is 0 Å². The lowest BCUT2D eigenvalue weighted by atomic mass is 10.2. The van der Waals surface area contributed by atoms with Crippen molar-refractivity contribution in [3.05, 3.63) is 34.9 Å². The van der Waals surface area contributed by atoms with Gasteiger partial charge in [0.25, 0.3) is 5.91 Å². The molecule has 3 nitrogen and oxygen atoms in total. The van der Waals surface area contributed by atoms with Crippen LogP contribution in [-0.4, -0.2) is 17.2 Å². The minimum absolute atomic E-state index is 0.313. The molecule has 0 fully saturated rings. The molecule has 1 amide bonds. The molecule has 1 unspecified atom stereocenters. The maximum absolute atomic E-state index is 11.3. The highest BCUT2D eigenvalue weighted by Crippen LogP contribution is 2.09. The number of hydrogen-bond donors (Lipinski definition) is 2. The monoisotopic (exact) mass is 199 g/mol. The summed E-state index contributed by atoms with van der Waals surface area (Å²) in [6.45, 7) is 1.48. The number of nitrogens with one attached hydrogen (secondary N) is 1. The predicted octanol–water partition coefficient (Wildman–Crippen LogP) is 1.41. The van der Waals surface area contributed by atoms with Gasteiger partial charge in [0.15, 0.2) is 0 Å². The average Bonchev–Trinajstić information content (AvgIpc) is 2.04. The Balaban J connectivity index is 2.72. The fourth-order valence-electron chi connectivity index (χ4n) is 0.874. The van der Waals surface area contributed by atoms with Crippen molar-refractivity contribution in [1.82, 2.24) is 5.32 Å². The van der Waals surface area contributed by atoms with E-state index in [1.165, 1.54) is 6.92 Å². The molecule has 0 heterocycles. The molecule has 13 heavy (non-hydrogen) atoms. The van der Waals surface area contributed by atoms with Gasteiger partial charge in [-0.3, -0.25) is 4.79 Å². The number of halogens is 1. The Labute approximate surface area is 81.3 Å². The number of hydrogen-bond acceptors (Lipinski definition) is 2. The molecule has 2 N–H and O–H groups in total. The van der Waals surface area contributed by atoms with E-state index in [9.17, 15) is 4.79 Å². The van der Waals surface area contributed by atoms with Gasteiger partial charge >= 0.3 is 0 Å². The van der Waals surface area contributed by atoms with E-state index in [1.54, 1.807) is 24.3 Å². The predicted molar refractivity (Wildman–Crippen MR) is 50.6 cm³/mol. The van der Waals surface area contributed by atoms with Crippen LogP contribution in [0.2, 0.25) is 5.02 Å². The second-order valence-corrected chi connectivity index (χ2v) is 3.09. The van der Waals surface area contributed by atoms with Crippen molar-refractivity contribution >= 4 is 17.5 Å². The second-order valence-electron chi connectivity index (χ2n) is 2.66. The number of amides is 1. The van der Waals surface area contributed by atoms with Crippen LogP contribution >= 0.6 is 11.6 Å². The first kappa shape index (κ1) is 10.0. The molecule has 70 valence electrons. The van der Waals surface area contributed by atoms with E-state index in [1.807, 2.05) is 0 Å². The minimum Gasteiger partial charge on any atom is -0.374 e. The lowest BCUT2D eigenvalue weighted by molar-refractivity contribution is 0.0819. The molecule has 1 rings (SSSR count). The number of rotatable bonds is 2. The first-order valence-corrected chi connectivity index (χ1v) is 4.22. The van der Waals surface area contributed by atoms with Gasteiger partial charge in [0.1, 0.15) is 6.23 Å². The first-order chi connectivity index (χ1) is 6.09. The van der Waals surface area contributed by atoms with Crippen LogP contribution in [0.4, 0.5) is 0 Å². The van der Waals surface area contributed by atoms with Gasteiger partial charge in [-0.1, -0.05) is 11.6 Å². The molecule has 0 radical (unpaired) electrons. The fourth-order valence-corrected chi connectivity index (χ4v) is 1.00. The second kappa shape index (κ2) is 4.25. The summed E-state index contributed by atoms with van der Waals surface area (Å²) in [5.74, 6) is -0.313. The maximum Gasteiger partial charge on any atom is 0.253 e. The van der Waals surface area contributed by atoms with Crippen LogP contribution in [0.3, 0.4) is 0 Å².